The number of nitrogens with zero attached hydrogens (tertiary/aromatic N) is 2. The molecule has 186 valence electrons. The fourth-order valence-corrected chi connectivity index (χ4v) is 5.65. The second-order valence-electron chi connectivity index (χ2n) is 5.93. The van der Waals surface area contributed by atoms with Crippen molar-refractivity contribution in [3.63, 3.8) is 0 Å². The largest absolute Gasteiger partial charge is 0.355 e. The summed E-state index contributed by atoms with van der Waals surface area (Å²) < 4.78 is 0. The summed E-state index contributed by atoms with van der Waals surface area (Å²) in [5, 5.41) is 7.53. The maximum Gasteiger partial charge on any atom is 0.236 e. The van der Waals surface area contributed by atoms with Crippen LogP contribution in [0.15, 0.2) is 58.8 Å². The van der Waals surface area contributed by atoms with Crippen molar-refractivity contribution in [2.24, 2.45) is 5.73 Å². The lowest BCUT2D eigenvalue weighted by molar-refractivity contribution is -0.123. The molecule has 0 radical (unpaired) electrons. The van der Waals surface area contributed by atoms with Crippen LogP contribution in [0.5, 0.6) is 0 Å². The van der Waals surface area contributed by atoms with Crippen molar-refractivity contribution in [2.45, 2.75) is 28.9 Å². The molecule has 0 bridgehead atoms. The number of hydrogen-bond donors (Lipinski definition) is 3. The minimum absolute atomic E-state index is 0. The van der Waals surface area contributed by atoms with Crippen molar-refractivity contribution < 1.29 is 9.59 Å². The Morgan fingerprint density at radius 2 is 1.36 bits per heavy atom. The van der Waals surface area contributed by atoms with Gasteiger partial charge < -0.3 is 16.4 Å². The monoisotopic (exact) mass is 591 g/mol. The average Bonchev–Trinajstić information content (AvgIpc) is 2.78. The number of hydrogen-bond acceptors (Lipinski definition) is 9. The molecule has 0 aliphatic rings. The lowest BCUT2D eigenvalue weighted by atomic mass is 10.1. The summed E-state index contributed by atoms with van der Waals surface area (Å²) in [6, 6.07) is 10.8. The molecule has 1 atom stereocenters. The molecule has 14 heteroatoms. The number of nitrogens with one attached hydrogen (secondary N) is 2. The third-order valence-electron chi connectivity index (χ3n) is 3.58. The van der Waals surface area contributed by atoms with Gasteiger partial charge in [0.25, 0.3) is 0 Å². The molecule has 1 unspecified atom stereocenters. The molecule has 4 N–H and O–H groups in total. The lowest BCUT2D eigenvalue weighted by Crippen LogP contribution is -2.42. The van der Waals surface area contributed by atoms with Gasteiger partial charge in [0, 0.05) is 43.4 Å². The number of halogens is 3. The van der Waals surface area contributed by atoms with Gasteiger partial charge in [0.1, 0.15) is 10.1 Å². The molecule has 0 aliphatic heterocycles. The summed E-state index contributed by atoms with van der Waals surface area (Å²) in [7, 11) is 6.40. The zero-order chi connectivity index (χ0) is 21.4. The molecule has 0 aliphatic carbocycles. The fraction of sp³-hybridized carbons (Fsp3) is 0.368. The number of aromatic nitrogens is 2. The summed E-state index contributed by atoms with van der Waals surface area (Å²) in [5.74, 6) is 1.19. The SMILES string of the molecule is Cl.Cl.Cl.NC(CCC(=O)NCCSSc1ccccn1)C(=O)NCCSSc1ccccn1. The molecule has 2 rings (SSSR count). The van der Waals surface area contributed by atoms with Crippen LogP contribution < -0.4 is 16.4 Å². The van der Waals surface area contributed by atoms with Crippen LogP contribution >= 0.6 is 80.4 Å². The van der Waals surface area contributed by atoms with Crippen molar-refractivity contribution in [3.05, 3.63) is 48.8 Å². The first-order valence-electron chi connectivity index (χ1n) is 9.36. The first-order chi connectivity index (χ1) is 14.6. The van der Waals surface area contributed by atoms with Gasteiger partial charge in [-0.05, 0) is 52.3 Å². The van der Waals surface area contributed by atoms with Crippen molar-refractivity contribution in [3.8, 4) is 0 Å². The number of carbonyl (C=O) groups is 2. The Labute approximate surface area is 229 Å². The van der Waals surface area contributed by atoms with Gasteiger partial charge in [-0.1, -0.05) is 33.7 Å². The molecule has 0 saturated heterocycles. The van der Waals surface area contributed by atoms with Crippen molar-refractivity contribution >= 4 is 92.2 Å². The number of pyridine rings is 2. The number of rotatable bonds is 14. The van der Waals surface area contributed by atoms with E-state index < -0.39 is 6.04 Å². The molecule has 0 aromatic carbocycles. The highest BCUT2D eigenvalue weighted by Gasteiger charge is 2.14. The van der Waals surface area contributed by atoms with Gasteiger partial charge in [-0.2, -0.15) is 0 Å². The van der Waals surface area contributed by atoms with E-state index in [1.54, 1.807) is 55.6 Å². The standard InChI is InChI=1S/C19H25N5O2S4.3ClH/c20-15(19(26)24-12-14-28-30-18-6-2-4-10-23-18)7-8-16(25)21-11-13-27-29-17-5-1-3-9-22-17;;;/h1-6,9-10,15H,7-8,11-14,20H2,(H,21,25)(H,24,26);3*1H. The van der Waals surface area contributed by atoms with Crippen LogP contribution in [0.3, 0.4) is 0 Å². The van der Waals surface area contributed by atoms with Gasteiger partial charge in [-0.3, -0.25) is 9.59 Å². The van der Waals surface area contributed by atoms with Crippen LogP contribution in [0.2, 0.25) is 0 Å². The zero-order valence-electron chi connectivity index (χ0n) is 17.6. The van der Waals surface area contributed by atoms with Crippen LogP contribution in [-0.4, -0.2) is 52.4 Å². The molecule has 0 fully saturated rings. The normalized spacial score (nSPS) is 10.6. The van der Waals surface area contributed by atoms with Crippen molar-refractivity contribution in [2.75, 3.05) is 24.6 Å². The molecular weight excluding hydrogens is 565 g/mol. The smallest absolute Gasteiger partial charge is 0.236 e. The average molecular weight is 593 g/mol. The Kier molecular flexibility index (Phi) is 23.1. The minimum Gasteiger partial charge on any atom is -0.355 e. The summed E-state index contributed by atoms with van der Waals surface area (Å²) in [4.78, 5) is 32.4. The molecule has 33 heavy (non-hydrogen) atoms. The van der Waals surface area contributed by atoms with E-state index in [1.807, 2.05) is 36.4 Å². The molecule has 0 saturated carbocycles. The first-order valence-corrected chi connectivity index (χ1v) is 14.0. The molecular formula is C19H28Cl3N5O2S4. The number of amides is 2. The molecule has 2 aromatic rings. The lowest BCUT2D eigenvalue weighted by Gasteiger charge is -2.12. The highest BCUT2D eigenvalue weighted by Crippen LogP contribution is 2.28. The van der Waals surface area contributed by atoms with Crippen LogP contribution in [0.25, 0.3) is 0 Å². The summed E-state index contributed by atoms with van der Waals surface area (Å²) in [6.07, 6.45) is 4.06. The van der Waals surface area contributed by atoms with Gasteiger partial charge in [0.15, 0.2) is 0 Å². The van der Waals surface area contributed by atoms with E-state index >= 15 is 0 Å². The maximum absolute atomic E-state index is 12.0. The first kappa shape index (κ1) is 34.6. The van der Waals surface area contributed by atoms with Gasteiger partial charge >= 0.3 is 0 Å². The second kappa shape index (κ2) is 22.0. The van der Waals surface area contributed by atoms with E-state index in [9.17, 15) is 9.59 Å². The van der Waals surface area contributed by atoms with Gasteiger partial charge in [0.2, 0.25) is 11.8 Å². The molecule has 2 heterocycles. The van der Waals surface area contributed by atoms with Gasteiger partial charge in [0.05, 0.1) is 6.04 Å². The Morgan fingerprint density at radius 1 is 0.848 bits per heavy atom. The number of nitrogens with two attached hydrogens (primary N) is 1. The Morgan fingerprint density at radius 3 is 1.85 bits per heavy atom. The van der Waals surface area contributed by atoms with E-state index in [4.69, 9.17) is 5.73 Å². The summed E-state index contributed by atoms with van der Waals surface area (Å²) >= 11 is 0. The fourth-order valence-electron chi connectivity index (χ4n) is 2.08. The summed E-state index contributed by atoms with van der Waals surface area (Å²) in [5.41, 5.74) is 5.88. The summed E-state index contributed by atoms with van der Waals surface area (Å²) in [6.45, 7) is 1.09. The van der Waals surface area contributed by atoms with E-state index in [0.29, 0.717) is 19.5 Å². The number of carbonyl (C=O) groups excluding carboxylic acids is 2. The topological polar surface area (TPSA) is 110 Å². The predicted molar refractivity (Wildman–Crippen MR) is 150 cm³/mol. The second-order valence-corrected chi connectivity index (χ2v) is 10.8. The highest BCUT2D eigenvalue weighted by molar-refractivity contribution is 8.77. The van der Waals surface area contributed by atoms with Crippen LogP contribution in [0.4, 0.5) is 0 Å². The molecule has 2 aromatic heterocycles. The van der Waals surface area contributed by atoms with Gasteiger partial charge in [-0.25, -0.2) is 9.97 Å². The van der Waals surface area contributed by atoms with Crippen LogP contribution in [-0.2, 0) is 9.59 Å². The van der Waals surface area contributed by atoms with E-state index in [0.717, 1.165) is 21.6 Å². The molecule has 7 nitrogen and oxygen atoms in total. The Bertz CT molecular complexity index is 770. The van der Waals surface area contributed by atoms with Crippen LogP contribution in [0.1, 0.15) is 12.8 Å². The van der Waals surface area contributed by atoms with E-state index in [1.165, 1.54) is 0 Å². The Hall–Kier alpha value is -0.530. The van der Waals surface area contributed by atoms with Crippen molar-refractivity contribution in [1.29, 1.82) is 0 Å². The Balaban J connectivity index is 0. The minimum atomic E-state index is -0.682. The van der Waals surface area contributed by atoms with E-state index in [-0.39, 0.29) is 55.5 Å². The van der Waals surface area contributed by atoms with Crippen LogP contribution in [0, 0.1) is 0 Å². The predicted octanol–water partition coefficient (Wildman–Crippen LogP) is 4.26. The quantitative estimate of drug-likeness (QED) is 0.219. The maximum atomic E-state index is 12.0. The highest BCUT2D eigenvalue weighted by atomic mass is 35.5. The molecule has 0 spiro atoms. The van der Waals surface area contributed by atoms with Crippen molar-refractivity contribution in [1.82, 2.24) is 20.6 Å². The van der Waals surface area contributed by atoms with E-state index in [2.05, 4.69) is 20.6 Å². The third-order valence-corrected chi connectivity index (χ3v) is 8.11. The van der Waals surface area contributed by atoms with Gasteiger partial charge in [-0.15, -0.1) is 37.2 Å². The molecule has 2 amide bonds. The zero-order valence-corrected chi connectivity index (χ0v) is 23.3. The third kappa shape index (κ3) is 16.7.